The fourth-order valence-corrected chi connectivity index (χ4v) is 3.73. The van der Waals surface area contributed by atoms with E-state index < -0.39 is 0 Å². The molecule has 0 aliphatic carbocycles. The average molecular weight is 424 g/mol. The molecule has 0 saturated carbocycles. The van der Waals surface area contributed by atoms with Crippen molar-refractivity contribution in [3.63, 3.8) is 0 Å². The molecule has 7 nitrogen and oxygen atoms in total. The van der Waals surface area contributed by atoms with Crippen molar-refractivity contribution in [1.29, 1.82) is 0 Å². The smallest absolute Gasteiger partial charge is 0.248 e. The van der Waals surface area contributed by atoms with Gasteiger partial charge in [0.2, 0.25) is 5.91 Å². The first-order chi connectivity index (χ1) is 15.3. The molecular formula is C23H16N6OS. The van der Waals surface area contributed by atoms with Gasteiger partial charge in [-0.1, -0.05) is 18.2 Å². The maximum absolute atomic E-state index is 12.3. The largest absolute Gasteiger partial charge is 0.322 e. The zero-order valence-corrected chi connectivity index (χ0v) is 17.0. The van der Waals surface area contributed by atoms with Crippen LogP contribution in [0.4, 0.5) is 5.69 Å². The number of thiophene rings is 1. The lowest BCUT2D eigenvalue weighted by atomic mass is 10.1. The van der Waals surface area contributed by atoms with Crippen molar-refractivity contribution < 1.29 is 4.79 Å². The third-order valence-electron chi connectivity index (χ3n) is 4.57. The van der Waals surface area contributed by atoms with Gasteiger partial charge in [0.15, 0.2) is 11.5 Å². The van der Waals surface area contributed by atoms with Crippen molar-refractivity contribution in [3.05, 3.63) is 89.4 Å². The van der Waals surface area contributed by atoms with Crippen LogP contribution in [0.5, 0.6) is 0 Å². The SMILES string of the molecule is O=C(/C=C/c1cccs1)Nc1cccc(-c2ccc3nnc(-c4ccncc4)n3n2)c1. The van der Waals surface area contributed by atoms with E-state index in [9.17, 15) is 4.79 Å². The van der Waals surface area contributed by atoms with Crippen LogP contribution < -0.4 is 5.32 Å². The summed E-state index contributed by atoms with van der Waals surface area (Å²) in [6, 6.07) is 19.0. The molecular weight excluding hydrogens is 408 g/mol. The highest BCUT2D eigenvalue weighted by atomic mass is 32.1. The molecule has 150 valence electrons. The van der Waals surface area contributed by atoms with Gasteiger partial charge in [0, 0.05) is 40.2 Å². The summed E-state index contributed by atoms with van der Waals surface area (Å²) in [5.41, 5.74) is 3.84. The molecule has 0 spiro atoms. The van der Waals surface area contributed by atoms with Gasteiger partial charge in [-0.05, 0) is 53.9 Å². The molecule has 4 heterocycles. The van der Waals surface area contributed by atoms with Crippen LogP contribution in [0.1, 0.15) is 4.88 Å². The Labute approximate surface area is 181 Å². The Balaban J connectivity index is 1.42. The molecule has 0 saturated heterocycles. The number of nitrogens with zero attached hydrogens (tertiary/aromatic N) is 5. The monoisotopic (exact) mass is 424 g/mol. The number of carbonyl (C=O) groups is 1. The van der Waals surface area contributed by atoms with Gasteiger partial charge in [0.05, 0.1) is 5.69 Å². The summed E-state index contributed by atoms with van der Waals surface area (Å²) < 4.78 is 1.71. The van der Waals surface area contributed by atoms with Crippen LogP contribution in [0.25, 0.3) is 34.4 Å². The quantitative estimate of drug-likeness (QED) is 0.418. The number of pyridine rings is 1. The van der Waals surface area contributed by atoms with Crippen LogP contribution >= 0.6 is 11.3 Å². The molecule has 31 heavy (non-hydrogen) atoms. The first-order valence-electron chi connectivity index (χ1n) is 9.52. The molecule has 5 aromatic rings. The van der Waals surface area contributed by atoms with Gasteiger partial charge in [-0.15, -0.1) is 21.5 Å². The van der Waals surface area contributed by atoms with Gasteiger partial charge < -0.3 is 5.32 Å². The first kappa shape index (κ1) is 18.8. The molecule has 5 rings (SSSR count). The molecule has 8 heteroatoms. The molecule has 0 unspecified atom stereocenters. The minimum Gasteiger partial charge on any atom is -0.322 e. The number of fused-ring (bicyclic) bond motifs is 1. The molecule has 0 aliphatic heterocycles. The molecule has 0 radical (unpaired) electrons. The summed E-state index contributed by atoms with van der Waals surface area (Å²) in [4.78, 5) is 17.3. The normalized spacial score (nSPS) is 11.2. The molecule has 0 aliphatic rings. The highest BCUT2D eigenvalue weighted by Crippen LogP contribution is 2.23. The summed E-state index contributed by atoms with van der Waals surface area (Å²) in [6.45, 7) is 0. The molecule has 4 aromatic heterocycles. The van der Waals surface area contributed by atoms with Crippen LogP contribution in [0.2, 0.25) is 0 Å². The summed E-state index contributed by atoms with van der Waals surface area (Å²) in [5.74, 6) is 0.454. The number of nitrogens with one attached hydrogen (secondary N) is 1. The number of benzene rings is 1. The Hall–Kier alpha value is -4.17. The fraction of sp³-hybridized carbons (Fsp3) is 0. The van der Waals surface area contributed by atoms with E-state index in [0.717, 1.165) is 21.7 Å². The van der Waals surface area contributed by atoms with E-state index in [1.165, 1.54) is 6.08 Å². The minimum atomic E-state index is -0.187. The topological polar surface area (TPSA) is 85.1 Å². The third kappa shape index (κ3) is 4.10. The first-order valence-corrected chi connectivity index (χ1v) is 10.4. The van der Waals surface area contributed by atoms with Gasteiger partial charge in [-0.2, -0.15) is 9.61 Å². The van der Waals surface area contributed by atoms with E-state index in [2.05, 4.69) is 20.5 Å². The number of hydrogen-bond donors (Lipinski definition) is 1. The predicted molar refractivity (Wildman–Crippen MR) is 121 cm³/mol. The van der Waals surface area contributed by atoms with Gasteiger partial charge in [-0.3, -0.25) is 9.78 Å². The van der Waals surface area contributed by atoms with Crippen molar-refractivity contribution in [1.82, 2.24) is 24.8 Å². The number of rotatable bonds is 5. The number of carbonyl (C=O) groups excluding carboxylic acids is 1. The summed E-state index contributed by atoms with van der Waals surface area (Å²) in [6.07, 6.45) is 6.74. The Bertz CT molecular complexity index is 1380. The number of hydrogen-bond acceptors (Lipinski definition) is 6. The molecule has 1 aromatic carbocycles. The number of amides is 1. The van der Waals surface area contributed by atoms with Crippen molar-refractivity contribution in [2.24, 2.45) is 0 Å². The van der Waals surface area contributed by atoms with Crippen LogP contribution in [0.15, 0.2) is 84.5 Å². The van der Waals surface area contributed by atoms with E-state index in [4.69, 9.17) is 5.10 Å². The summed E-state index contributed by atoms with van der Waals surface area (Å²) in [7, 11) is 0. The summed E-state index contributed by atoms with van der Waals surface area (Å²) in [5, 5.41) is 18.0. The van der Waals surface area contributed by atoms with E-state index in [-0.39, 0.29) is 5.91 Å². The highest BCUT2D eigenvalue weighted by molar-refractivity contribution is 7.10. The average Bonchev–Trinajstić information content (AvgIpc) is 3.48. The Morgan fingerprint density at radius 1 is 0.968 bits per heavy atom. The number of aromatic nitrogens is 5. The van der Waals surface area contributed by atoms with E-state index >= 15 is 0 Å². The highest BCUT2D eigenvalue weighted by Gasteiger charge is 2.11. The molecule has 1 N–H and O–H groups in total. The second kappa shape index (κ2) is 8.29. The Kier molecular flexibility index (Phi) is 5.04. The lowest BCUT2D eigenvalue weighted by Gasteiger charge is -2.07. The molecule has 0 bridgehead atoms. The molecule has 0 atom stereocenters. The van der Waals surface area contributed by atoms with Crippen LogP contribution in [-0.4, -0.2) is 30.7 Å². The Morgan fingerprint density at radius 3 is 2.71 bits per heavy atom. The van der Waals surface area contributed by atoms with Crippen LogP contribution in [0, 0.1) is 0 Å². The maximum Gasteiger partial charge on any atom is 0.248 e. The van der Waals surface area contributed by atoms with E-state index in [1.807, 2.05) is 66.0 Å². The van der Waals surface area contributed by atoms with Crippen molar-refractivity contribution >= 4 is 34.7 Å². The minimum absolute atomic E-state index is 0.187. The summed E-state index contributed by atoms with van der Waals surface area (Å²) >= 11 is 1.58. The van der Waals surface area contributed by atoms with Crippen LogP contribution in [0.3, 0.4) is 0 Å². The Morgan fingerprint density at radius 2 is 1.87 bits per heavy atom. The fourth-order valence-electron chi connectivity index (χ4n) is 3.11. The van der Waals surface area contributed by atoms with Crippen molar-refractivity contribution in [2.45, 2.75) is 0 Å². The lowest BCUT2D eigenvalue weighted by molar-refractivity contribution is -0.111. The molecule has 1 amide bonds. The van der Waals surface area contributed by atoms with Gasteiger partial charge >= 0.3 is 0 Å². The van der Waals surface area contributed by atoms with Gasteiger partial charge in [-0.25, -0.2) is 0 Å². The van der Waals surface area contributed by atoms with Gasteiger partial charge in [0.1, 0.15) is 0 Å². The zero-order valence-electron chi connectivity index (χ0n) is 16.2. The lowest BCUT2D eigenvalue weighted by Crippen LogP contribution is -2.07. The predicted octanol–water partition coefficient (Wildman–Crippen LogP) is 4.57. The van der Waals surface area contributed by atoms with Gasteiger partial charge in [0.25, 0.3) is 0 Å². The molecule has 0 fully saturated rings. The maximum atomic E-state index is 12.3. The third-order valence-corrected chi connectivity index (χ3v) is 5.41. The second-order valence-corrected chi connectivity index (χ2v) is 7.65. The number of anilines is 1. The van der Waals surface area contributed by atoms with E-state index in [1.54, 1.807) is 34.3 Å². The van der Waals surface area contributed by atoms with Crippen molar-refractivity contribution in [3.8, 4) is 22.6 Å². The van der Waals surface area contributed by atoms with E-state index in [0.29, 0.717) is 17.2 Å². The standard InChI is InChI=1S/C23H16N6OS/c30-22(9-6-19-5-2-14-31-19)25-18-4-1-3-17(15-18)20-7-8-21-26-27-23(29(21)28-20)16-10-12-24-13-11-16/h1-15H,(H,25,30)/b9-6+. The van der Waals surface area contributed by atoms with Crippen molar-refractivity contribution in [2.75, 3.05) is 5.32 Å². The van der Waals surface area contributed by atoms with Crippen LogP contribution in [-0.2, 0) is 4.79 Å². The second-order valence-electron chi connectivity index (χ2n) is 6.67. The zero-order chi connectivity index (χ0) is 21.0.